The molecule has 0 aliphatic heterocycles. The molecule has 88 valence electrons. The zero-order valence-corrected chi connectivity index (χ0v) is 9.08. The Morgan fingerprint density at radius 3 is 3.00 bits per heavy atom. The number of nitrogens with zero attached hydrogens (tertiary/aromatic N) is 3. The normalized spacial score (nSPS) is 10.2. The number of hydrogen-bond acceptors (Lipinski definition) is 6. The summed E-state index contributed by atoms with van der Waals surface area (Å²) in [6, 6.07) is 4.49. The van der Waals surface area contributed by atoms with Crippen LogP contribution in [-0.4, -0.2) is 15.1 Å². The van der Waals surface area contributed by atoms with Gasteiger partial charge in [-0.1, -0.05) is 5.16 Å². The molecule has 0 radical (unpaired) electrons. The highest BCUT2D eigenvalue weighted by atomic mass is 16.6. The molecule has 0 fully saturated rings. The Hall–Kier alpha value is -2.44. The number of nitrogens with one attached hydrogen (secondary N) is 1. The fourth-order valence-electron chi connectivity index (χ4n) is 1.31. The zero-order chi connectivity index (χ0) is 12.3. The second-order valence-electron chi connectivity index (χ2n) is 3.44. The Morgan fingerprint density at radius 2 is 2.35 bits per heavy atom. The maximum Gasteiger partial charge on any atom is 0.274 e. The molecule has 7 nitrogen and oxygen atoms in total. The third kappa shape index (κ3) is 2.77. The Labute approximate surface area is 96.6 Å². The van der Waals surface area contributed by atoms with Gasteiger partial charge in [-0.3, -0.25) is 10.1 Å². The molecule has 0 aromatic carbocycles. The van der Waals surface area contributed by atoms with E-state index < -0.39 is 4.92 Å². The molecule has 0 unspecified atom stereocenters. The van der Waals surface area contributed by atoms with Gasteiger partial charge < -0.3 is 9.84 Å². The monoisotopic (exact) mass is 234 g/mol. The molecule has 0 aliphatic rings. The van der Waals surface area contributed by atoms with Crippen LogP contribution in [-0.2, 0) is 6.54 Å². The quantitative estimate of drug-likeness (QED) is 0.641. The Bertz CT molecular complexity index is 538. The molecule has 2 heterocycles. The average molecular weight is 234 g/mol. The minimum atomic E-state index is -0.465. The second kappa shape index (κ2) is 4.60. The molecule has 0 saturated carbocycles. The van der Waals surface area contributed by atoms with Crippen molar-refractivity contribution in [2.45, 2.75) is 13.5 Å². The summed E-state index contributed by atoms with van der Waals surface area (Å²) in [6.45, 7) is 2.20. The molecule has 2 aromatic rings. The number of rotatable bonds is 4. The molecule has 0 saturated heterocycles. The number of pyridine rings is 1. The first-order valence-electron chi connectivity index (χ1n) is 4.91. The van der Waals surface area contributed by atoms with Crippen molar-refractivity contribution >= 4 is 11.5 Å². The van der Waals surface area contributed by atoms with Crippen LogP contribution in [0.3, 0.4) is 0 Å². The van der Waals surface area contributed by atoms with Crippen LogP contribution in [0.1, 0.15) is 11.5 Å². The summed E-state index contributed by atoms with van der Waals surface area (Å²) in [5, 5.41) is 17.3. The van der Waals surface area contributed by atoms with E-state index in [1.165, 1.54) is 18.3 Å². The van der Waals surface area contributed by atoms with E-state index in [-0.39, 0.29) is 5.69 Å². The largest absolute Gasteiger partial charge is 0.364 e. The molecule has 0 bridgehead atoms. The highest BCUT2D eigenvalue weighted by Crippen LogP contribution is 2.14. The second-order valence-corrected chi connectivity index (χ2v) is 3.44. The van der Waals surface area contributed by atoms with Crippen LogP contribution in [0.25, 0.3) is 0 Å². The summed E-state index contributed by atoms with van der Waals surface area (Å²) in [5.74, 6) is 1.15. The number of anilines is 1. The molecule has 0 atom stereocenters. The molecule has 17 heavy (non-hydrogen) atoms. The molecule has 0 amide bonds. The van der Waals surface area contributed by atoms with Gasteiger partial charge in [0, 0.05) is 18.3 Å². The van der Waals surface area contributed by atoms with E-state index in [0.29, 0.717) is 18.1 Å². The van der Waals surface area contributed by atoms with Crippen LogP contribution >= 0.6 is 0 Å². The maximum atomic E-state index is 10.6. The first-order valence-corrected chi connectivity index (χ1v) is 4.91. The third-order valence-corrected chi connectivity index (χ3v) is 2.08. The van der Waals surface area contributed by atoms with Gasteiger partial charge in [0.1, 0.15) is 17.3 Å². The van der Waals surface area contributed by atoms with Crippen molar-refractivity contribution in [3.05, 3.63) is 46.0 Å². The number of nitro groups is 1. The molecule has 0 aliphatic carbocycles. The predicted octanol–water partition coefficient (Wildman–Crippen LogP) is 1.90. The summed E-state index contributed by atoms with van der Waals surface area (Å²) in [4.78, 5) is 14.1. The van der Waals surface area contributed by atoms with Crippen LogP contribution in [0.2, 0.25) is 0 Å². The van der Waals surface area contributed by atoms with Crippen molar-refractivity contribution in [2.24, 2.45) is 0 Å². The molecular formula is C10H10N4O3. The lowest BCUT2D eigenvalue weighted by molar-refractivity contribution is -0.384. The first-order chi connectivity index (χ1) is 8.15. The van der Waals surface area contributed by atoms with E-state index in [1.807, 2.05) is 0 Å². The number of hydrogen-bond donors (Lipinski definition) is 1. The Morgan fingerprint density at radius 1 is 1.53 bits per heavy atom. The van der Waals surface area contributed by atoms with Crippen LogP contribution in [0.5, 0.6) is 0 Å². The minimum absolute atomic E-state index is 0.00108. The summed E-state index contributed by atoms with van der Waals surface area (Å²) in [5.41, 5.74) is 0.717. The summed E-state index contributed by atoms with van der Waals surface area (Å²) < 4.78 is 4.90. The Kier molecular flexibility index (Phi) is 2.99. The number of aromatic nitrogens is 2. The molecular weight excluding hydrogens is 224 g/mol. The Balaban J connectivity index is 2.04. The van der Waals surface area contributed by atoms with Gasteiger partial charge in [-0.2, -0.15) is 0 Å². The maximum absolute atomic E-state index is 10.6. The van der Waals surface area contributed by atoms with Gasteiger partial charge in [-0.15, -0.1) is 0 Å². The van der Waals surface area contributed by atoms with Crippen molar-refractivity contribution in [1.82, 2.24) is 10.1 Å². The SMILES string of the molecule is Cc1cc(CNc2cc([N+](=O)[O-])ccn2)no1. The smallest absolute Gasteiger partial charge is 0.274 e. The van der Waals surface area contributed by atoms with E-state index in [1.54, 1.807) is 13.0 Å². The summed E-state index contributed by atoms with van der Waals surface area (Å²) in [6.07, 6.45) is 1.38. The van der Waals surface area contributed by atoms with Gasteiger partial charge in [-0.05, 0) is 6.92 Å². The van der Waals surface area contributed by atoms with E-state index in [0.717, 1.165) is 5.69 Å². The van der Waals surface area contributed by atoms with Crippen molar-refractivity contribution in [3.63, 3.8) is 0 Å². The topological polar surface area (TPSA) is 94.1 Å². The van der Waals surface area contributed by atoms with Crippen molar-refractivity contribution in [3.8, 4) is 0 Å². The van der Waals surface area contributed by atoms with Crippen molar-refractivity contribution < 1.29 is 9.45 Å². The lowest BCUT2D eigenvalue weighted by Gasteiger charge is -2.01. The van der Waals surface area contributed by atoms with E-state index in [4.69, 9.17) is 4.52 Å². The van der Waals surface area contributed by atoms with Gasteiger partial charge in [0.25, 0.3) is 5.69 Å². The average Bonchev–Trinajstić information content (AvgIpc) is 2.73. The van der Waals surface area contributed by atoms with Crippen molar-refractivity contribution in [1.29, 1.82) is 0 Å². The van der Waals surface area contributed by atoms with E-state index >= 15 is 0 Å². The highest BCUT2D eigenvalue weighted by Gasteiger charge is 2.07. The van der Waals surface area contributed by atoms with E-state index in [2.05, 4.69) is 15.5 Å². The molecule has 2 aromatic heterocycles. The van der Waals surface area contributed by atoms with Gasteiger partial charge in [0.15, 0.2) is 0 Å². The van der Waals surface area contributed by atoms with Gasteiger partial charge in [-0.25, -0.2) is 4.98 Å². The third-order valence-electron chi connectivity index (χ3n) is 2.08. The van der Waals surface area contributed by atoms with Crippen LogP contribution in [0.15, 0.2) is 28.9 Å². The minimum Gasteiger partial charge on any atom is -0.364 e. The fourth-order valence-corrected chi connectivity index (χ4v) is 1.31. The van der Waals surface area contributed by atoms with Crippen LogP contribution in [0.4, 0.5) is 11.5 Å². The molecule has 7 heteroatoms. The lowest BCUT2D eigenvalue weighted by atomic mass is 10.3. The standard InChI is InChI=1S/C10H10N4O3/c1-7-4-8(13-17-7)6-12-10-5-9(14(15)16)2-3-11-10/h2-5H,6H2,1H3,(H,11,12). The highest BCUT2D eigenvalue weighted by molar-refractivity contribution is 5.44. The molecule has 0 spiro atoms. The van der Waals surface area contributed by atoms with Crippen LogP contribution < -0.4 is 5.32 Å². The van der Waals surface area contributed by atoms with Gasteiger partial charge >= 0.3 is 0 Å². The summed E-state index contributed by atoms with van der Waals surface area (Å²) in [7, 11) is 0. The predicted molar refractivity (Wildman–Crippen MR) is 59.5 cm³/mol. The van der Waals surface area contributed by atoms with E-state index in [9.17, 15) is 10.1 Å². The fraction of sp³-hybridized carbons (Fsp3) is 0.200. The zero-order valence-electron chi connectivity index (χ0n) is 9.08. The lowest BCUT2D eigenvalue weighted by Crippen LogP contribution is -2.02. The molecule has 1 N–H and O–H groups in total. The van der Waals surface area contributed by atoms with Crippen LogP contribution in [0, 0.1) is 17.0 Å². The van der Waals surface area contributed by atoms with Gasteiger partial charge in [0.2, 0.25) is 0 Å². The molecule has 2 rings (SSSR count). The van der Waals surface area contributed by atoms with Gasteiger partial charge in [0.05, 0.1) is 17.5 Å². The number of aryl methyl sites for hydroxylation is 1. The van der Waals surface area contributed by atoms with Crippen molar-refractivity contribution in [2.75, 3.05) is 5.32 Å². The first kappa shape index (κ1) is 11.1. The summed E-state index contributed by atoms with van der Waals surface area (Å²) >= 11 is 0.